The minimum Gasteiger partial charge on any atom is -0.353 e. The maximum atomic E-state index is 14.7. The number of alkyl halides is 1. The van der Waals surface area contributed by atoms with Gasteiger partial charge in [0.1, 0.15) is 24.4 Å². The van der Waals surface area contributed by atoms with Crippen LogP contribution >= 0.6 is 0 Å². The number of hydrogen-bond acceptors (Lipinski definition) is 6. The van der Waals surface area contributed by atoms with Crippen LogP contribution in [0.4, 0.5) is 4.39 Å². The van der Waals surface area contributed by atoms with Gasteiger partial charge >= 0.3 is 0 Å². The highest BCUT2D eigenvalue weighted by molar-refractivity contribution is 5.00. The third kappa shape index (κ3) is 2.83. The molecule has 2 unspecified atom stereocenters. The minimum absolute atomic E-state index is 0.289. The Morgan fingerprint density at radius 2 is 1.57 bits per heavy atom. The van der Waals surface area contributed by atoms with Crippen LogP contribution in [0.3, 0.4) is 0 Å². The van der Waals surface area contributed by atoms with Gasteiger partial charge in [0.05, 0.1) is 6.61 Å². The Balaban J connectivity index is 1.92. The van der Waals surface area contributed by atoms with E-state index in [1.807, 2.05) is 13.8 Å². The van der Waals surface area contributed by atoms with Crippen LogP contribution in [-0.2, 0) is 28.4 Å². The van der Waals surface area contributed by atoms with E-state index in [4.69, 9.17) is 28.4 Å². The van der Waals surface area contributed by atoms with Gasteiger partial charge in [0, 0.05) is 7.11 Å². The maximum Gasteiger partial charge on any atom is 0.191 e. The molecule has 6 nitrogen and oxygen atoms in total. The fourth-order valence-electron chi connectivity index (χ4n) is 3.12. The minimum atomic E-state index is -1.46. The van der Waals surface area contributed by atoms with Crippen molar-refractivity contribution < 1.29 is 32.8 Å². The third-order valence-corrected chi connectivity index (χ3v) is 3.98. The van der Waals surface area contributed by atoms with Crippen LogP contribution in [-0.4, -0.2) is 62.2 Å². The van der Waals surface area contributed by atoms with Gasteiger partial charge in [0.15, 0.2) is 24.0 Å². The Kier molecular flexibility index (Phi) is 3.79. The molecule has 0 aromatic rings. The number of fused-ring (bicyclic) bond motifs is 3. The lowest BCUT2D eigenvalue weighted by atomic mass is 10.0. The molecule has 3 saturated heterocycles. The second kappa shape index (κ2) is 5.11. The van der Waals surface area contributed by atoms with Gasteiger partial charge in [0.25, 0.3) is 0 Å². The molecule has 3 rings (SSSR count). The van der Waals surface area contributed by atoms with Crippen molar-refractivity contribution in [2.75, 3.05) is 13.7 Å². The molecule has 0 N–H and O–H groups in total. The van der Waals surface area contributed by atoms with Gasteiger partial charge in [-0.3, -0.25) is 0 Å². The van der Waals surface area contributed by atoms with Gasteiger partial charge < -0.3 is 28.4 Å². The molecule has 6 atom stereocenters. The molecule has 21 heavy (non-hydrogen) atoms. The van der Waals surface area contributed by atoms with Crippen molar-refractivity contribution in [1.82, 2.24) is 0 Å². The first-order chi connectivity index (χ1) is 9.72. The number of halogens is 1. The molecule has 0 spiro atoms. The number of hydrogen-bond donors (Lipinski definition) is 0. The standard InChI is InChI=1S/C14H23FO6/c1-13(2)17-6-7-9(19-13)11-10(20-14(3,4)21-11)8(15)12(16-5)18-7/h7-12H,6H2,1-5H3/t7?,8-,9+,10+,11?,12+/m0/s1. The van der Waals surface area contributed by atoms with Crippen molar-refractivity contribution >= 4 is 0 Å². The van der Waals surface area contributed by atoms with Crippen LogP contribution in [0.1, 0.15) is 27.7 Å². The largest absolute Gasteiger partial charge is 0.353 e. The first kappa shape index (κ1) is 15.6. The first-order valence-corrected chi connectivity index (χ1v) is 7.22. The average molecular weight is 306 g/mol. The zero-order valence-corrected chi connectivity index (χ0v) is 13.0. The van der Waals surface area contributed by atoms with Crippen LogP contribution in [0.15, 0.2) is 0 Å². The van der Waals surface area contributed by atoms with Crippen molar-refractivity contribution in [3.05, 3.63) is 0 Å². The lowest BCUT2D eigenvalue weighted by Gasteiger charge is -2.42. The van der Waals surface area contributed by atoms with E-state index in [9.17, 15) is 4.39 Å². The molecule has 3 fully saturated rings. The summed E-state index contributed by atoms with van der Waals surface area (Å²) in [5, 5.41) is 0. The summed E-state index contributed by atoms with van der Waals surface area (Å²) in [5.74, 6) is -1.64. The molecule has 3 aliphatic heterocycles. The first-order valence-electron chi connectivity index (χ1n) is 7.22. The van der Waals surface area contributed by atoms with Gasteiger partial charge in [-0.15, -0.1) is 0 Å². The summed E-state index contributed by atoms with van der Waals surface area (Å²) in [4.78, 5) is 0. The van der Waals surface area contributed by atoms with Crippen molar-refractivity contribution in [3.8, 4) is 0 Å². The van der Waals surface area contributed by atoms with Crippen molar-refractivity contribution in [2.24, 2.45) is 0 Å². The molecule has 0 aromatic heterocycles. The molecule has 3 heterocycles. The summed E-state index contributed by atoms with van der Waals surface area (Å²) in [7, 11) is 1.40. The van der Waals surface area contributed by atoms with E-state index in [-0.39, 0.29) is 6.61 Å². The smallest absolute Gasteiger partial charge is 0.191 e. The van der Waals surface area contributed by atoms with Crippen molar-refractivity contribution in [1.29, 1.82) is 0 Å². The second-order valence-electron chi connectivity index (χ2n) is 6.58. The molecule has 0 aliphatic carbocycles. The summed E-state index contributed by atoms with van der Waals surface area (Å²) in [6.07, 6.45) is -4.79. The lowest BCUT2D eigenvalue weighted by molar-refractivity contribution is -0.339. The molecular formula is C14H23FO6. The SMILES string of the molecule is CO[C@@H]1OC2COC(C)(C)O[C@H]2C2OC(C)(C)O[C@@H]2[C@@H]1F. The van der Waals surface area contributed by atoms with Crippen molar-refractivity contribution in [3.63, 3.8) is 0 Å². The molecule has 0 amide bonds. The fraction of sp³-hybridized carbons (Fsp3) is 1.00. The zero-order chi connectivity index (χ0) is 15.4. The van der Waals surface area contributed by atoms with Crippen LogP contribution < -0.4 is 0 Å². The molecule has 7 heteroatoms. The molecule has 122 valence electrons. The van der Waals surface area contributed by atoms with Gasteiger partial charge in [0.2, 0.25) is 0 Å². The Morgan fingerprint density at radius 1 is 0.952 bits per heavy atom. The van der Waals surface area contributed by atoms with E-state index < -0.39 is 48.5 Å². The van der Waals surface area contributed by atoms with E-state index >= 15 is 0 Å². The molecule has 0 bridgehead atoms. The topological polar surface area (TPSA) is 55.4 Å². The van der Waals surface area contributed by atoms with Crippen molar-refractivity contribution in [2.45, 2.75) is 76.1 Å². The maximum absolute atomic E-state index is 14.7. The van der Waals surface area contributed by atoms with Gasteiger partial charge in [-0.2, -0.15) is 0 Å². The highest BCUT2D eigenvalue weighted by Crippen LogP contribution is 2.41. The summed E-state index contributed by atoms with van der Waals surface area (Å²) >= 11 is 0. The highest BCUT2D eigenvalue weighted by Gasteiger charge is 2.58. The van der Waals surface area contributed by atoms with Crippen LogP contribution in [0.2, 0.25) is 0 Å². The predicted molar refractivity (Wildman–Crippen MR) is 69.3 cm³/mol. The summed E-state index contributed by atoms with van der Waals surface area (Å²) < 4.78 is 48.6. The van der Waals surface area contributed by atoms with Gasteiger partial charge in [-0.05, 0) is 27.7 Å². The van der Waals surface area contributed by atoms with E-state index in [1.54, 1.807) is 13.8 Å². The third-order valence-electron chi connectivity index (χ3n) is 3.98. The lowest BCUT2D eigenvalue weighted by Crippen LogP contribution is -2.55. The van der Waals surface area contributed by atoms with Crippen LogP contribution in [0, 0.1) is 0 Å². The van der Waals surface area contributed by atoms with E-state index in [0.29, 0.717) is 0 Å². The molecule has 3 aliphatic rings. The van der Waals surface area contributed by atoms with Crippen LogP contribution in [0.5, 0.6) is 0 Å². The normalized spacial score (nSPS) is 48.3. The number of methoxy groups -OCH3 is 1. The predicted octanol–water partition coefficient (Wildman–Crippen LogP) is 1.37. The Bertz CT molecular complexity index is 401. The Hall–Kier alpha value is -0.310. The molecule has 0 radical (unpaired) electrons. The van der Waals surface area contributed by atoms with E-state index in [2.05, 4.69) is 0 Å². The van der Waals surface area contributed by atoms with Crippen LogP contribution in [0.25, 0.3) is 0 Å². The monoisotopic (exact) mass is 306 g/mol. The highest BCUT2D eigenvalue weighted by atomic mass is 19.1. The van der Waals surface area contributed by atoms with E-state index in [0.717, 1.165) is 0 Å². The summed E-state index contributed by atoms with van der Waals surface area (Å²) in [6.45, 7) is 7.43. The number of rotatable bonds is 1. The second-order valence-corrected chi connectivity index (χ2v) is 6.58. The summed E-state index contributed by atoms with van der Waals surface area (Å²) in [5.41, 5.74) is 0. The number of ether oxygens (including phenoxy) is 6. The summed E-state index contributed by atoms with van der Waals surface area (Å²) in [6, 6.07) is 0. The Labute approximate surface area is 123 Å². The van der Waals surface area contributed by atoms with Gasteiger partial charge in [-0.1, -0.05) is 0 Å². The Morgan fingerprint density at radius 3 is 2.24 bits per heavy atom. The van der Waals surface area contributed by atoms with E-state index in [1.165, 1.54) is 7.11 Å². The van der Waals surface area contributed by atoms with Gasteiger partial charge in [-0.25, -0.2) is 4.39 Å². The average Bonchev–Trinajstić information content (AvgIpc) is 2.67. The molecule has 0 saturated carbocycles. The molecule has 0 aromatic carbocycles. The fourth-order valence-corrected chi connectivity index (χ4v) is 3.12. The quantitative estimate of drug-likeness (QED) is 0.729. The zero-order valence-electron chi connectivity index (χ0n) is 13.0. The molecular weight excluding hydrogens is 283 g/mol.